The highest BCUT2D eigenvalue weighted by Crippen LogP contribution is 2.44. The number of carboxylic acids is 2. The van der Waals surface area contributed by atoms with Crippen LogP contribution in [0.2, 0.25) is 0 Å². The van der Waals surface area contributed by atoms with Gasteiger partial charge in [0.05, 0.1) is 25.0 Å². The van der Waals surface area contributed by atoms with Crippen LogP contribution in [0.4, 0.5) is 0 Å². The van der Waals surface area contributed by atoms with Crippen LogP contribution < -0.4 is 10.1 Å². The molecule has 0 bridgehead atoms. The highest BCUT2D eigenvalue weighted by atomic mass is 16.7. The summed E-state index contributed by atoms with van der Waals surface area (Å²) in [6.45, 7) is 1.57. The third-order valence-electron chi connectivity index (χ3n) is 6.10. The summed E-state index contributed by atoms with van der Waals surface area (Å²) >= 11 is 0. The van der Waals surface area contributed by atoms with E-state index in [-0.39, 0.29) is 19.4 Å². The quantitative estimate of drug-likeness (QED) is 0.390. The van der Waals surface area contributed by atoms with E-state index < -0.39 is 41.5 Å². The van der Waals surface area contributed by atoms with Crippen LogP contribution in [0.3, 0.4) is 0 Å². The van der Waals surface area contributed by atoms with E-state index in [1.165, 1.54) is 7.11 Å². The Bertz CT molecular complexity index is 773. The molecule has 0 spiro atoms. The first kappa shape index (κ1) is 25.6. The summed E-state index contributed by atoms with van der Waals surface area (Å²) in [4.78, 5) is 36.9. The number of carbonyl (C=O) groups excluding carboxylic acids is 1. The van der Waals surface area contributed by atoms with Crippen molar-refractivity contribution in [2.24, 2.45) is 11.3 Å². The zero-order chi connectivity index (χ0) is 23.7. The van der Waals surface area contributed by atoms with Crippen molar-refractivity contribution in [3.63, 3.8) is 0 Å². The number of methoxy groups -OCH3 is 2. The van der Waals surface area contributed by atoms with Crippen LogP contribution in [-0.2, 0) is 30.3 Å². The predicted molar refractivity (Wildman–Crippen MR) is 115 cm³/mol. The number of carbonyl (C=O) groups is 3. The third kappa shape index (κ3) is 6.93. The van der Waals surface area contributed by atoms with Crippen molar-refractivity contribution in [3.8, 4) is 5.75 Å². The number of aliphatic carboxylic acids is 2. The van der Waals surface area contributed by atoms with Crippen LogP contribution in [0.15, 0.2) is 24.3 Å². The van der Waals surface area contributed by atoms with Gasteiger partial charge in [-0.15, -0.1) is 0 Å². The maximum Gasteiger partial charge on any atom is 0.326 e. The summed E-state index contributed by atoms with van der Waals surface area (Å²) in [5.74, 6) is -2.86. The predicted octanol–water partition coefficient (Wildman–Crippen LogP) is 2.47. The molecular weight excluding hydrogens is 418 g/mol. The molecule has 1 unspecified atom stereocenters. The van der Waals surface area contributed by atoms with Gasteiger partial charge in [0, 0.05) is 13.5 Å². The van der Waals surface area contributed by atoms with Gasteiger partial charge in [0.2, 0.25) is 5.91 Å². The molecule has 0 radical (unpaired) electrons. The van der Waals surface area contributed by atoms with E-state index in [9.17, 15) is 24.6 Å². The molecule has 1 amide bonds. The SMILES string of the molecule is COc1ccc(C[C@H](NC(=O)C2(C[C@@H](COC(C)OC)C(=O)O)CCCC2)C(=O)O)cc1. The van der Waals surface area contributed by atoms with Gasteiger partial charge >= 0.3 is 11.9 Å². The van der Waals surface area contributed by atoms with Crippen molar-refractivity contribution in [1.29, 1.82) is 0 Å². The van der Waals surface area contributed by atoms with Crippen LogP contribution in [0.5, 0.6) is 5.75 Å². The number of ether oxygens (including phenoxy) is 3. The van der Waals surface area contributed by atoms with Gasteiger partial charge in [-0.05, 0) is 43.9 Å². The number of amides is 1. The van der Waals surface area contributed by atoms with E-state index in [0.717, 1.165) is 18.4 Å². The van der Waals surface area contributed by atoms with Gasteiger partial charge in [0.1, 0.15) is 11.8 Å². The molecule has 3 N–H and O–H groups in total. The Balaban J connectivity index is 2.13. The smallest absolute Gasteiger partial charge is 0.326 e. The minimum absolute atomic E-state index is 0.0828. The van der Waals surface area contributed by atoms with Crippen LogP contribution >= 0.6 is 0 Å². The molecule has 178 valence electrons. The van der Waals surface area contributed by atoms with E-state index in [1.807, 2.05) is 0 Å². The Morgan fingerprint density at radius 1 is 1.06 bits per heavy atom. The molecule has 1 saturated carbocycles. The first-order valence-corrected chi connectivity index (χ1v) is 10.7. The van der Waals surface area contributed by atoms with E-state index in [1.54, 1.807) is 38.3 Å². The number of hydrogen-bond acceptors (Lipinski definition) is 6. The third-order valence-corrected chi connectivity index (χ3v) is 6.10. The molecule has 1 fully saturated rings. The number of benzene rings is 1. The Hall–Kier alpha value is -2.65. The van der Waals surface area contributed by atoms with Gasteiger partial charge in [-0.3, -0.25) is 9.59 Å². The lowest BCUT2D eigenvalue weighted by Crippen LogP contribution is -2.49. The molecule has 1 aromatic carbocycles. The molecule has 0 aliphatic heterocycles. The average molecular weight is 452 g/mol. The van der Waals surface area contributed by atoms with E-state index >= 15 is 0 Å². The molecular formula is C23H33NO8. The minimum Gasteiger partial charge on any atom is -0.497 e. The highest BCUT2D eigenvalue weighted by Gasteiger charge is 2.45. The van der Waals surface area contributed by atoms with Crippen molar-refractivity contribution < 1.29 is 38.8 Å². The topological polar surface area (TPSA) is 131 Å². The summed E-state index contributed by atoms with van der Waals surface area (Å²) in [6.07, 6.45) is 2.22. The van der Waals surface area contributed by atoms with Gasteiger partial charge in [-0.2, -0.15) is 0 Å². The van der Waals surface area contributed by atoms with Crippen LogP contribution in [0, 0.1) is 11.3 Å². The molecule has 1 aliphatic carbocycles. The fourth-order valence-corrected chi connectivity index (χ4v) is 4.09. The second kappa shape index (κ2) is 11.8. The second-order valence-corrected chi connectivity index (χ2v) is 8.28. The fraction of sp³-hybridized carbons (Fsp3) is 0.609. The molecule has 3 atom stereocenters. The van der Waals surface area contributed by atoms with Crippen LogP contribution in [-0.4, -0.2) is 61.2 Å². The van der Waals surface area contributed by atoms with Gasteiger partial charge in [0.25, 0.3) is 0 Å². The zero-order valence-corrected chi connectivity index (χ0v) is 18.8. The molecule has 9 nitrogen and oxygen atoms in total. The monoisotopic (exact) mass is 451 g/mol. The Kier molecular flexibility index (Phi) is 9.46. The summed E-state index contributed by atoms with van der Waals surface area (Å²) in [5.41, 5.74) is -0.194. The average Bonchev–Trinajstić information content (AvgIpc) is 3.26. The minimum atomic E-state index is -1.14. The Morgan fingerprint density at radius 2 is 1.69 bits per heavy atom. The second-order valence-electron chi connectivity index (χ2n) is 8.28. The van der Waals surface area contributed by atoms with Gasteiger partial charge < -0.3 is 29.7 Å². The lowest BCUT2D eigenvalue weighted by atomic mass is 9.76. The number of carboxylic acid groups (broad SMARTS) is 2. The molecule has 2 rings (SSSR count). The number of hydrogen-bond donors (Lipinski definition) is 3. The first-order valence-electron chi connectivity index (χ1n) is 10.7. The summed E-state index contributed by atoms with van der Waals surface area (Å²) in [7, 11) is 3.00. The van der Waals surface area contributed by atoms with E-state index in [4.69, 9.17) is 14.2 Å². The van der Waals surface area contributed by atoms with Crippen molar-refractivity contribution in [3.05, 3.63) is 29.8 Å². The summed E-state index contributed by atoms with van der Waals surface area (Å²) < 4.78 is 15.5. The summed E-state index contributed by atoms with van der Waals surface area (Å²) in [5, 5.41) is 22.0. The maximum absolute atomic E-state index is 13.3. The van der Waals surface area contributed by atoms with Crippen molar-refractivity contribution in [2.75, 3.05) is 20.8 Å². The maximum atomic E-state index is 13.3. The number of rotatable bonds is 13. The highest BCUT2D eigenvalue weighted by molar-refractivity contribution is 5.88. The van der Waals surface area contributed by atoms with Gasteiger partial charge in [0.15, 0.2) is 6.29 Å². The van der Waals surface area contributed by atoms with Crippen LogP contribution in [0.1, 0.15) is 44.6 Å². The van der Waals surface area contributed by atoms with Crippen molar-refractivity contribution in [2.45, 2.75) is 57.8 Å². The molecule has 0 heterocycles. The normalized spacial score (nSPS) is 17.8. The number of nitrogens with one attached hydrogen (secondary N) is 1. The standard InChI is InChI=1S/C23H33NO8/c1-15(30-2)32-14-17(20(25)26)13-23(10-4-5-11-23)22(29)24-19(21(27)28)12-16-6-8-18(31-3)9-7-16/h6-9,15,17,19H,4-5,10-14H2,1-3H3,(H,24,29)(H,25,26)(H,27,28)/t15?,17-,19-/m0/s1. The largest absolute Gasteiger partial charge is 0.497 e. The van der Waals surface area contributed by atoms with E-state index in [2.05, 4.69) is 5.32 Å². The van der Waals surface area contributed by atoms with Crippen molar-refractivity contribution in [1.82, 2.24) is 5.32 Å². The molecule has 0 aromatic heterocycles. The lowest BCUT2D eigenvalue weighted by molar-refractivity contribution is -0.157. The summed E-state index contributed by atoms with van der Waals surface area (Å²) in [6, 6.07) is 5.84. The first-order chi connectivity index (χ1) is 15.2. The fourth-order valence-electron chi connectivity index (χ4n) is 4.09. The molecule has 0 saturated heterocycles. The molecule has 9 heteroatoms. The molecule has 1 aromatic rings. The van der Waals surface area contributed by atoms with Crippen LogP contribution in [0.25, 0.3) is 0 Å². The molecule has 32 heavy (non-hydrogen) atoms. The zero-order valence-electron chi connectivity index (χ0n) is 18.8. The Morgan fingerprint density at radius 3 is 2.19 bits per heavy atom. The molecule has 1 aliphatic rings. The van der Waals surface area contributed by atoms with Crippen molar-refractivity contribution >= 4 is 17.8 Å². The Labute approximate surface area is 188 Å². The van der Waals surface area contributed by atoms with E-state index in [0.29, 0.717) is 18.6 Å². The van der Waals surface area contributed by atoms with Gasteiger partial charge in [-0.1, -0.05) is 25.0 Å². The van der Waals surface area contributed by atoms with Gasteiger partial charge in [-0.25, -0.2) is 4.79 Å². The lowest BCUT2D eigenvalue weighted by Gasteiger charge is -2.32.